The summed E-state index contributed by atoms with van der Waals surface area (Å²) in [5.74, 6) is -0.170. The molecule has 0 saturated heterocycles. The Kier molecular flexibility index (Phi) is 3.71. The Hall–Kier alpha value is -0.830. The molecule has 0 aliphatic heterocycles. The lowest BCUT2D eigenvalue weighted by molar-refractivity contribution is -0.117. The maximum absolute atomic E-state index is 10.6. The molecule has 0 bridgehead atoms. The highest BCUT2D eigenvalue weighted by Crippen LogP contribution is 1.87. The van der Waals surface area contributed by atoms with E-state index in [2.05, 4.69) is 16.6 Å². The van der Waals surface area contributed by atoms with Crippen molar-refractivity contribution in [3.63, 3.8) is 0 Å². The number of hydrogen-bond acceptors (Lipinski definition) is 2. The lowest BCUT2D eigenvalue weighted by Crippen LogP contribution is -2.21. The van der Waals surface area contributed by atoms with Gasteiger partial charge in [0.1, 0.15) is 0 Å². The highest BCUT2D eigenvalue weighted by atomic mass is 16.5. The Labute approximate surface area is 54.7 Å². The number of rotatable bonds is 3. The van der Waals surface area contributed by atoms with Crippen LogP contribution in [0.15, 0.2) is 12.2 Å². The Morgan fingerprint density at radius 1 is 1.78 bits per heavy atom. The summed E-state index contributed by atoms with van der Waals surface area (Å²) in [6.07, 6.45) is 0. The SMILES string of the molecule is C=C(COC)C(=O)NC. The van der Waals surface area contributed by atoms with Crippen molar-refractivity contribution in [3.8, 4) is 0 Å². The first kappa shape index (κ1) is 8.17. The van der Waals surface area contributed by atoms with Crippen molar-refractivity contribution in [3.05, 3.63) is 12.2 Å². The van der Waals surface area contributed by atoms with Crippen molar-refractivity contribution in [2.45, 2.75) is 0 Å². The highest BCUT2D eigenvalue weighted by molar-refractivity contribution is 5.92. The van der Waals surface area contributed by atoms with Crippen LogP contribution in [0, 0.1) is 0 Å². The standard InChI is InChI=1S/C6H11NO2/c1-5(4-9-3)6(8)7-2/h1,4H2,2-3H3,(H,7,8). The van der Waals surface area contributed by atoms with E-state index in [1.165, 1.54) is 7.11 Å². The van der Waals surface area contributed by atoms with E-state index in [-0.39, 0.29) is 5.91 Å². The molecule has 0 atom stereocenters. The van der Waals surface area contributed by atoms with Crippen molar-refractivity contribution >= 4 is 5.91 Å². The van der Waals surface area contributed by atoms with Gasteiger partial charge >= 0.3 is 0 Å². The molecule has 0 spiro atoms. The van der Waals surface area contributed by atoms with Crippen molar-refractivity contribution in [1.29, 1.82) is 0 Å². The fourth-order valence-corrected chi connectivity index (χ4v) is 0.417. The molecular formula is C6H11NO2. The number of ether oxygens (including phenoxy) is 1. The molecule has 9 heavy (non-hydrogen) atoms. The van der Waals surface area contributed by atoms with Crippen LogP contribution in [0.2, 0.25) is 0 Å². The second-order valence-corrected chi connectivity index (χ2v) is 1.62. The lowest BCUT2D eigenvalue weighted by Gasteiger charge is -2.00. The van der Waals surface area contributed by atoms with Gasteiger partial charge in [-0.2, -0.15) is 0 Å². The molecule has 0 saturated carbocycles. The Balaban J connectivity index is 3.60. The van der Waals surface area contributed by atoms with Crippen molar-refractivity contribution in [1.82, 2.24) is 5.32 Å². The lowest BCUT2D eigenvalue weighted by atomic mass is 10.3. The normalized spacial score (nSPS) is 8.67. The van der Waals surface area contributed by atoms with Gasteiger partial charge in [0.2, 0.25) is 5.91 Å². The van der Waals surface area contributed by atoms with Crippen LogP contribution in [-0.2, 0) is 9.53 Å². The predicted molar refractivity (Wildman–Crippen MR) is 35.1 cm³/mol. The second kappa shape index (κ2) is 4.09. The Morgan fingerprint density at radius 3 is 2.67 bits per heavy atom. The smallest absolute Gasteiger partial charge is 0.248 e. The molecule has 1 N–H and O–H groups in total. The van der Waals surface area contributed by atoms with Gasteiger partial charge in [-0.3, -0.25) is 4.79 Å². The molecule has 3 nitrogen and oxygen atoms in total. The van der Waals surface area contributed by atoms with Crippen LogP contribution in [0.25, 0.3) is 0 Å². The first-order valence-electron chi connectivity index (χ1n) is 2.61. The van der Waals surface area contributed by atoms with Gasteiger partial charge in [-0.05, 0) is 0 Å². The minimum Gasteiger partial charge on any atom is -0.380 e. The maximum Gasteiger partial charge on any atom is 0.248 e. The summed E-state index contributed by atoms with van der Waals surface area (Å²) in [5, 5.41) is 2.43. The molecule has 0 aromatic heterocycles. The van der Waals surface area contributed by atoms with Gasteiger partial charge in [0.15, 0.2) is 0 Å². The number of carbonyl (C=O) groups is 1. The largest absolute Gasteiger partial charge is 0.380 e. The van der Waals surface area contributed by atoms with E-state index in [1.54, 1.807) is 7.05 Å². The van der Waals surface area contributed by atoms with E-state index in [0.717, 1.165) is 0 Å². The van der Waals surface area contributed by atoms with E-state index < -0.39 is 0 Å². The molecular weight excluding hydrogens is 118 g/mol. The summed E-state index contributed by atoms with van der Waals surface area (Å²) in [6.45, 7) is 3.77. The quantitative estimate of drug-likeness (QED) is 0.542. The third-order valence-electron chi connectivity index (χ3n) is 0.867. The fourth-order valence-electron chi connectivity index (χ4n) is 0.417. The molecule has 0 heterocycles. The first-order valence-corrected chi connectivity index (χ1v) is 2.61. The highest BCUT2D eigenvalue weighted by Gasteiger charge is 2.00. The summed E-state index contributed by atoms with van der Waals surface area (Å²) in [6, 6.07) is 0. The Morgan fingerprint density at radius 2 is 2.33 bits per heavy atom. The predicted octanol–water partition coefficient (Wildman–Crippen LogP) is -0.0650. The molecule has 0 aliphatic rings. The number of nitrogens with one attached hydrogen (secondary N) is 1. The van der Waals surface area contributed by atoms with Crippen LogP contribution in [0.3, 0.4) is 0 Å². The average Bonchev–Trinajstić information content (AvgIpc) is 1.87. The molecule has 0 aromatic rings. The number of likely N-dealkylation sites (N-methyl/N-ethyl adjacent to an activating group) is 1. The van der Waals surface area contributed by atoms with Gasteiger partial charge in [0, 0.05) is 19.7 Å². The maximum atomic E-state index is 10.6. The van der Waals surface area contributed by atoms with Gasteiger partial charge in [-0.1, -0.05) is 6.58 Å². The number of amides is 1. The minimum absolute atomic E-state index is 0.170. The van der Waals surface area contributed by atoms with Crippen molar-refractivity contribution in [2.75, 3.05) is 20.8 Å². The number of carbonyl (C=O) groups excluding carboxylic acids is 1. The molecule has 0 aliphatic carbocycles. The van der Waals surface area contributed by atoms with Crippen molar-refractivity contribution < 1.29 is 9.53 Å². The fraction of sp³-hybridized carbons (Fsp3) is 0.500. The topological polar surface area (TPSA) is 38.3 Å². The van der Waals surface area contributed by atoms with Crippen molar-refractivity contribution in [2.24, 2.45) is 0 Å². The number of hydrogen-bond donors (Lipinski definition) is 1. The molecule has 1 amide bonds. The van der Waals surface area contributed by atoms with Crippen LogP contribution < -0.4 is 5.32 Å². The van der Waals surface area contributed by atoms with Gasteiger partial charge < -0.3 is 10.1 Å². The zero-order chi connectivity index (χ0) is 7.28. The summed E-state index contributed by atoms with van der Waals surface area (Å²) < 4.78 is 4.67. The van der Waals surface area contributed by atoms with Crippen LogP contribution in [0.5, 0.6) is 0 Å². The summed E-state index contributed by atoms with van der Waals surface area (Å²) >= 11 is 0. The monoisotopic (exact) mass is 129 g/mol. The van der Waals surface area contributed by atoms with Crippen LogP contribution in [-0.4, -0.2) is 26.7 Å². The minimum atomic E-state index is -0.170. The Bertz CT molecular complexity index is 120. The van der Waals surface area contributed by atoms with Crippen LogP contribution in [0.4, 0.5) is 0 Å². The zero-order valence-corrected chi connectivity index (χ0v) is 5.73. The summed E-state index contributed by atoms with van der Waals surface area (Å²) in [7, 11) is 3.08. The van der Waals surface area contributed by atoms with Crippen LogP contribution >= 0.6 is 0 Å². The van der Waals surface area contributed by atoms with E-state index in [0.29, 0.717) is 12.2 Å². The van der Waals surface area contributed by atoms with Gasteiger partial charge in [-0.25, -0.2) is 0 Å². The van der Waals surface area contributed by atoms with E-state index >= 15 is 0 Å². The third-order valence-corrected chi connectivity index (χ3v) is 0.867. The average molecular weight is 129 g/mol. The number of methoxy groups -OCH3 is 1. The molecule has 3 heteroatoms. The third kappa shape index (κ3) is 2.87. The van der Waals surface area contributed by atoms with E-state index in [1.807, 2.05) is 0 Å². The van der Waals surface area contributed by atoms with Gasteiger partial charge in [0.05, 0.1) is 6.61 Å². The molecule has 0 radical (unpaired) electrons. The first-order chi connectivity index (χ1) is 4.22. The van der Waals surface area contributed by atoms with Gasteiger partial charge in [0.25, 0.3) is 0 Å². The summed E-state index contributed by atoms with van der Waals surface area (Å²) in [5.41, 5.74) is 0.444. The zero-order valence-electron chi connectivity index (χ0n) is 5.73. The summed E-state index contributed by atoms with van der Waals surface area (Å²) in [4.78, 5) is 10.6. The molecule has 0 fully saturated rings. The van der Waals surface area contributed by atoms with E-state index in [9.17, 15) is 4.79 Å². The molecule has 0 aromatic carbocycles. The van der Waals surface area contributed by atoms with E-state index in [4.69, 9.17) is 0 Å². The van der Waals surface area contributed by atoms with Gasteiger partial charge in [-0.15, -0.1) is 0 Å². The molecule has 0 rings (SSSR count). The molecule has 0 unspecified atom stereocenters. The van der Waals surface area contributed by atoms with Crippen LogP contribution in [0.1, 0.15) is 0 Å². The second-order valence-electron chi connectivity index (χ2n) is 1.62. The molecule has 52 valence electrons.